The molecule has 0 unspecified atom stereocenters. The van der Waals surface area contributed by atoms with Crippen LogP contribution < -0.4 is 10.2 Å². The molecule has 1 aliphatic rings. The molecule has 71 heavy (non-hydrogen) atoms. The number of hydrogen-bond donors (Lipinski definition) is 0. The molecule has 9 nitrogen and oxygen atoms in total. The van der Waals surface area contributed by atoms with Crippen molar-refractivity contribution in [3.63, 3.8) is 0 Å². The van der Waals surface area contributed by atoms with E-state index in [1.807, 2.05) is 0 Å². The molecule has 1 aliphatic heterocycles. The van der Waals surface area contributed by atoms with Gasteiger partial charge in [0, 0.05) is 64.1 Å². The van der Waals surface area contributed by atoms with E-state index in [2.05, 4.69) is 20.0 Å². The minimum absolute atomic E-state index is 0. The van der Waals surface area contributed by atoms with E-state index in [9.17, 15) is 87.8 Å². The molecule has 0 N–H and O–H groups in total. The van der Waals surface area contributed by atoms with Crippen LogP contribution in [-0.4, -0.2) is 48.0 Å². The van der Waals surface area contributed by atoms with Gasteiger partial charge in [-0.3, -0.25) is 0 Å². The predicted octanol–water partition coefficient (Wildman–Crippen LogP) is 10.2. The van der Waals surface area contributed by atoms with E-state index in [0.29, 0.717) is 0 Å². The van der Waals surface area contributed by atoms with E-state index in [1.165, 1.54) is 12.8 Å². The third-order valence-electron chi connectivity index (χ3n) is 7.74. The Kier molecular flexibility index (Phi) is 28.1. The average Bonchev–Trinajstić information content (AvgIpc) is 3.90. The quantitative estimate of drug-likeness (QED) is 0.0622. The average molecular weight is 1230 g/mol. The number of halogens is 20. The van der Waals surface area contributed by atoms with Crippen molar-refractivity contribution in [3.8, 4) is 0 Å². The number of aliphatic imine (C=N–C) groups is 4. The first kappa shape index (κ1) is 67.4. The molecule has 1 heterocycles. The topological polar surface area (TPSA) is 139 Å². The van der Waals surface area contributed by atoms with Crippen LogP contribution in [0.15, 0.2) is 20.0 Å². The van der Waals surface area contributed by atoms with Gasteiger partial charge >= 0.3 is 0 Å². The first-order valence-electron chi connectivity index (χ1n) is 18.0. The molecule has 4 aromatic rings. The summed E-state index contributed by atoms with van der Waals surface area (Å²) in [5, 5.41) is 17.8. The standard InChI is InChI=1S/2C16H6F10N2.C4H8O.2C2H4O2.2Rh/c2*1-3(27-15-11(23)7(19)5(17)8(20)12(15)24)4(2)28-16-13(25)9(21)6(18)10(22)14(16)26;1-2-4-5-3-1;2*1-2(3)4;;/h2*1-2H3;1-4H2;2*1H3,(H,3,4);;/p-2. The van der Waals surface area contributed by atoms with Gasteiger partial charge in [-0.2, -0.15) is 0 Å². The molecule has 2 radical (unpaired) electrons. The Hall–Kier alpha value is -5.69. The van der Waals surface area contributed by atoms with Crippen molar-refractivity contribution >= 4 is 57.5 Å². The Morgan fingerprint density at radius 1 is 0.310 bits per heavy atom. The number of nitrogens with zero attached hydrogens (tertiary/aromatic N) is 4. The van der Waals surface area contributed by atoms with Gasteiger partial charge in [0.1, 0.15) is 22.7 Å². The molecule has 0 atom stereocenters. The van der Waals surface area contributed by atoms with Gasteiger partial charge in [-0.05, 0) is 54.4 Å². The smallest absolute Gasteiger partial charge is 0.200 e. The Labute approximate surface area is 411 Å². The van der Waals surface area contributed by atoms with Crippen molar-refractivity contribution in [1.82, 2.24) is 0 Å². The van der Waals surface area contributed by atoms with Crippen LogP contribution in [0, 0.1) is 116 Å². The molecular formula is C40H26F20N4O5Rh2-2. The van der Waals surface area contributed by atoms with E-state index in [1.54, 1.807) is 0 Å². The third kappa shape index (κ3) is 17.5. The maximum absolute atomic E-state index is 13.6. The Morgan fingerprint density at radius 3 is 0.521 bits per heavy atom. The molecular weight excluding hydrogens is 1200 g/mol. The summed E-state index contributed by atoms with van der Waals surface area (Å²) in [7, 11) is 0. The van der Waals surface area contributed by atoms with Crippen LogP contribution in [0.25, 0.3) is 0 Å². The SMILES string of the molecule is C1CCOC1.CC(=Nc1c(F)c(F)c(F)c(F)c1F)C(C)=Nc1c(F)c(F)c(F)c(F)c1F.CC(=Nc1c(F)c(F)c(F)c(F)c1F)C(C)=Nc1c(F)c(F)c(F)c(F)c1F.CC(=O)[O-].CC(=O)[O-].[Rh].[Rh]. The largest absolute Gasteiger partial charge is 0.550 e. The molecule has 0 aliphatic carbocycles. The van der Waals surface area contributed by atoms with Crippen molar-refractivity contribution in [2.24, 2.45) is 20.0 Å². The fraction of sp³-hybridized carbons (Fsp3) is 0.250. The van der Waals surface area contributed by atoms with E-state index < -0.39 is 174 Å². The molecule has 0 aromatic heterocycles. The van der Waals surface area contributed by atoms with E-state index >= 15 is 0 Å². The maximum Gasteiger partial charge on any atom is 0.200 e. The van der Waals surface area contributed by atoms with Gasteiger partial charge in [-0.15, -0.1) is 0 Å². The Bertz CT molecular complexity index is 2280. The van der Waals surface area contributed by atoms with Crippen molar-refractivity contribution in [3.05, 3.63) is 116 Å². The maximum atomic E-state index is 13.6. The Morgan fingerprint density at radius 2 is 0.423 bits per heavy atom. The van der Waals surface area contributed by atoms with Crippen molar-refractivity contribution < 1.29 is 151 Å². The predicted molar refractivity (Wildman–Crippen MR) is 197 cm³/mol. The van der Waals surface area contributed by atoms with Gasteiger partial charge < -0.3 is 24.5 Å². The second-order valence-electron chi connectivity index (χ2n) is 12.8. The molecule has 0 spiro atoms. The molecule has 1 saturated heterocycles. The number of carbonyl (C=O) groups is 2. The summed E-state index contributed by atoms with van der Waals surface area (Å²) < 4.78 is 271. The zero-order valence-electron chi connectivity index (χ0n) is 35.9. The first-order chi connectivity index (χ1) is 31.8. The van der Waals surface area contributed by atoms with E-state index in [-0.39, 0.29) is 39.0 Å². The summed E-state index contributed by atoms with van der Waals surface area (Å²) in [6.07, 6.45) is 2.56. The normalized spacial score (nSPS) is 12.4. The summed E-state index contributed by atoms with van der Waals surface area (Å²) in [4.78, 5) is 30.3. The number of carboxylic acids is 2. The number of aliphatic carboxylic acids is 2. The second kappa shape index (κ2) is 29.6. The van der Waals surface area contributed by atoms with Gasteiger partial charge in [0.2, 0.25) is 23.3 Å². The van der Waals surface area contributed by atoms with Crippen LogP contribution in [0.5, 0.6) is 0 Å². The molecule has 0 bridgehead atoms. The van der Waals surface area contributed by atoms with Crippen molar-refractivity contribution in [1.29, 1.82) is 0 Å². The van der Waals surface area contributed by atoms with Crippen LogP contribution in [0.3, 0.4) is 0 Å². The van der Waals surface area contributed by atoms with E-state index in [4.69, 9.17) is 24.5 Å². The number of rotatable bonds is 6. The minimum atomic E-state index is -2.43. The molecule has 1 fully saturated rings. The van der Waals surface area contributed by atoms with Crippen molar-refractivity contribution in [2.75, 3.05) is 13.2 Å². The molecule has 31 heteroatoms. The summed E-state index contributed by atoms with van der Waals surface area (Å²) in [6.45, 7) is 7.51. The number of hydrogen-bond acceptors (Lipinski definition) is 9. The molecule has 0 amide bonds. The van der Waals surface area contributed by atoms with Crippen LogP contribution in [-0.2, 0) is 53.3 Å². The van der Waals surface area contributed by atoms with Crippen LogP contribution in [0.2, 0.25) is 0 Å². The van der Waals surface area contributed by atoms with Crippen LogP contribution >= 0.6 is 0 Å². The van der Waals surface area contributed by atoms with Crippen molar-refractivity contribution in [2.45, 2.75) is 54.4 Å². The monoisotopic (exact) mass is 1230 g/mol. The third-order valence-corrected chi connectivity index (χ3v) is 7.74. The Balaban J connectivity index is 0. The second-order valence-corrected chi connectivity index (χ2v) is 12.8. The molecule has 5 rings (SSSR count). The summed E-state index contributed by atoms with van der Waals surface area (Å²) >= 11 is 0. The molecule has 0 saturated carbocycles. The summed E-state index contributed by atoms with van der Waals surface area (Å²) in [6, 6.07) is 0. The van der Waals surface area contributed by atoms with Gasteiger partial charge in [-0.25, -0.2) is 108 Å². The van der Waals surface area contributed by atoms with Gasteiger partial charge in [0.25, 0.3) is 0 Å². The van der Waals surface area contributed by atoms with Gasteiger partial charge in [0.05, 0.1) is 22.8 Å². The fourth-order valence-corrected chi connectivity index (χ4v) is 4.27. The number of carboxylic acid groups (broad SMARTS) is 2. The first-order valence-corrected chi connectivity index (χ1v) is 18.0. The zero-order valence-corrected chi connectivity index (χ0v) is 39.2. The zero-order chi connectivity index (χ0) is 53.7. The van der Waals surface area contributed by atoms with Gasteiger partial charge in [0.15, 0.2) is 93.1 Å². The van der Waals surface area contributed by atoms with E-state index in [0.717, 1.165) is 54.8 Å². The number of ether oxygens (including phenoxy) is 1. The molecule has 4 aromatic carbocycles. The fourth-order valence-electron chi connectivity index (χ4n) is 4.27. The van der Waals surface area contributed by atoms with Crippen LogP contribution in [0.1, 0.15) is 54.4 Å². The molecule has 396 valence electrons. The summed E-state index contributed by atoms with van der Waals surface area (Å²) in [5.41, 5.74) is -9.03. The number of carbonyl (C=O) groups excluding carboxylic acids is 2. The van der Waals surface area contributed by atoms with Crippen LogP contribution in [0.4, 0.5) is 111 Å². The van der Waals surface area contributed by atoms with Gasteiger partial charge in [-0.1, -0.05) is 0 Å². The number of benzene rings is 4. The summed E-state index contributed by atoms with van der Waals surface area (Å²) in [5.74, 6) is -48.6. The minimum Gasteiger partial charge on any atom is -0.550 e.